The molecule has 2 saturated heterocycles. The smallest absolute Gasteiger partial charge is 0.225 e. The molecule has 2 aliphatic rings. The number of piperidine rings is 1. The van der Waals surface area contributed by atoms with Crippen LogP contribution in [0.4, 0.5) is 5.82 Å². The Kier molecular flexibility index (Phi) is 3.56. The fourth-order valence-corrected chi connectivity index (χ4v) is 3.30. The van der Waals surface area contributed by atoms with Crippen molar-refractivity contribution >= 4 is 23.3 Å². The lowest BCUT2D eigenvalue weighted by molar-refractivity contribution is -0.122. The number of hydrogen-bond acceptors (Lipinski definition) is 4. The summed E-state index contributed by atoms with van der Waals surface area (Å²) in [4.78, 5) is 23.1. The Hall–Kier alpha value is -1.36. The van der Waals surface area contributed by atoms with E-state index >= 15 is 0 Å². The van der Waals surface area contributed by atoms with E-state index < -0.39 is 0 Å². The first-order valence-electron chi connectivity index (χ1n) is 7.45. The maximum atomic E-state index is 11.9. The van der Waals surface area contributed by atoms with Crippen LogP contribution >= 0.6 is 11.6 Å². The van der Waals surface area contributed by atoms with Crippen LogP contribution in [0.25, 0.3) is 0 Å². The zero-order valence-electron chi connectivity index (χ0n) is 12.7. The molecular weight excluding hydrogens is 288 g/mol. The summed E-state index contributed by atoms with van der Waals surface area (Å²) in [7, 11) is 0. The number of rotatable bonds is 1. The summed E-state index contributed by atoms with van der Waals surface area (Å²) >= 11 is 6.19. The summed E-state index contributed by atoms with van der Waals surface area (Å²) in [5, 5.41) is 3.43. The van der Waals surface area contributed by atoms with E-state index in [0.29, 0.717) is 11.7 Å². The maximum Gasteiger partial charge on any atom is 0.225 e. The third-order valence-corrected chi connectivity index (χ3v) is 4.44. The van der Waals surface area contributed by atoms with Gasteiger partial charge in [0.05, 0.1) is 12.0 Å². The van der Waals surface area contributed by atoms with Crippen LogP contribution in [0.2, 0.25) is 5.15 Å². The standard InChI is InChI=1S/C15H21ClN4O/c1-15(2,3)14-18-11(16)7-12(19-14)20-6-4-5-9-10(20)8-17-13(9)21/h7,9-10H,4-6,8H2,1-3H3,(H,17,21). The molecule has 0 spiro atoms. The molecule has 3 rings (SSSR count). The fourth-order valence-electron chi connectivity index (χ4n) is 3.12. The van der Waals surface area contributed by atoms with Crippen LogP contribution in [0.15, 0.2) is 6.07 Å². The lowest BCUT2D eigenvalue weighted by atomic mass is 9.91. The quantitative estimate of drug-likeness (QED) is 0.808. The second kappa shape index (κ2) is 5.13. The predicted molar refractivity (Wildman–Crippen MR) is 82.6 cm³/mol. The molecular formula is C15H21ClN4O. The minimum atomic E-state index is -0.154. The van der Waals surface area contributed by atoms with Gasteiger partial charge in [0.1, 0.15) is 16.8 Å². The first-order valence-corrected chi connectivity index (χ1v) is 7.83. The van der Waals surface area contributed by atoms with Crippen LogP contribution in [0, 0.1) is 5.92 Å². The Labute approximate surface area is 130 Å². The number of anilines is 1. The van der Waals surface area contributed by atoms with Crippen molar-refractivity contribution in [2.45, 2.75) is 45.1 Å². The van der Waals surface area contributed by atoms with Gasteiger partial charge < -0.3 is 10.2 Å². The van der Waals surface area contributed by atoms with E-state index in [1.54, 1.807) is 0 Å². The number of amides is 1. The van der Waals surface area contributed by atoms with E-state index in [2.05, 4.69) is 36.0 Å². The number of carbonyl (C=O) groups is 1. The van der Waals surface area contributed by atoms with Crippen LogP contribution in [0.5, 0.6) is 0 Å². The molecule has 0 radical (unpaired) electrons. The van der Waals surface area contributed by atoms with Gasteiger partial charge in [-0.25, -0.2) is 9.97 Å². The molecule has 21 heavy (non-hydrogen) atoms. The van der Waals surface area contributed by atoms with Gasteiger partial charge in [-0.15, -0.1) is 0 Å². The van der Waals surface area contributed by atoms with Crippen molar-refractivity contribution in [2.75, 3.05) is 18.0 Å². The highest BCUT2D eigenvalue weighted by Gasteiger charge is 2.41. The molecule has 2 atom stereocenters. The molecule has 5 nitrogen and oxygen atoms in total. The molecule has 1 aromatic heterocycles. The van der Waals surface area contributed by atoms with E-state index in [4.69, 9.17) is 16.6 Å². The minimum Gasteiger partial charge on any atom is -0.354 e. The molecule has 0 bridgehead atoms. The average Bonchev–Trinajstić information content (AvgIpc) is 2.79. The molecule has 1 aromatic rings. The van der Waals surface area contributed by atoms with E-state index in [9.17, 15) is 4.79 Å². The molecule has 114 valence electrons. The second-order valence-corrected chi connectivity index (χ2v) is 7.26. The van der Waals surface area contributed by atoms with Gasteiger partial charge in [-0.05, 0) is 12.8 Å². The lowest BCUT2D eigenvalue weighted by Crippen LogP contribution is -2.46. The number of fused-ring (bicyclic) bond motifs is 1. The molecule has 1 N–H and O–H groups in total. The van der Waals surface area contributed by atoms with Crippen molar-refractivity contribution in [3.8, 4) is 0 Å². The van der Waals surface area contributed by atoms with E-state index in [-0.39, 0.29) is 23.3 Å². The van der Waals surface area contributed by atoms with Crippen LogP contribution in [-0.2, 0) is 10.2 Å². The van der Waals surface area contributed by atoms with E-state index in [0.717, 1.165) is 31.0 Å². The van der Waals surface area contributed by atoms with Gasteiger partial charge in [-0.1, -0.05) is 32.4 Å². The van der Waals surface area contributed by atoms with Crippen LogP contribution in [0.3, 0.4) is 0 Å². The number of hydrogen-bond donors (Lipinski definition) is 1. The van der Waals surface area contributed by atoms with E-state index in [1.165, 1.54) is 0 Å². The second-order valence-electron chi connectivity index (χ2n) is 6.88. The van der Waals surface area contributed by atoms with Gasteiger partial charge in [-0.2, -0.15) is 0 Å². The van der Waals surface area contributed by atoms with Crippen molar-refractivity contribution in [2.24, 2.45) is 5.92 Å². The lowest BCUT2D eigenvalue weighted by Gasteiger charge is -2.37. The third kappa shape index (κ3) is 2.71. The third-order valence-electron chi connectivity index (χ3n) is 4.25. The number of nitrogens with zero attached hydrogens (tertiary/aromatic N) is 3. The van der Waals surface area contributed by atoms with Gasteiger partial charge in [0.2, 0.25) is 5.91 Å². The Morgan fingerprint density at radius 1 is 1.38 bits per heavy atom. The molecule has 0 saturated carbocycles. The Balaban J connectivity index is 1.96. The Bertz CT molecular complexity index is 569. The highest BCUT2D eigenvalue weighted by Crippen LogP contribution is 2.32. The molecule has 2 aliphatic heterocycles. The number of aromatic nitrogens is 2. The van der Waals surface area contributed by atoms with Crippen molar-refractivity contribution in [3.63, 3.8) is 0 Å². The summed E-state index contributed by atoms with van der Waals surface area (Å²) in [6, 6.07) is 1.99. The van der Waals surface area contributed by atoms with Crippen molar-refractivity contribution < 1.29 is 4.79 Å². The summed E-state index contributed by atoms with van der Waals surface area (Å²) in [6.07, 6.45) is 1.96. The SMILES string of the molecule is CC(C)(C)c1nc(Cl)cc(N2CCCC3C(=O)NCC32)n1. The Morgan fingerprint density at radius 3 is 2.86 bits per heavy atom. The highest BCUT2D eigenvalue weighted by molar-refractivity contribution is 6.29. The highest BCUT2D eigenvalue weighted by atomic mass is 35.5. The zero-order chi connectivity index (χ0) is 15.2. The molecule has 3 heterocycles. The maximum absolute atomic E-state index is 11.9. The van der Waals surface area contributed by atoms with Crippen molar-refractivity contribution in [1.29, 1.82) is 0 Å². The normalized spacial score (nSPS) is 25.7. The zero-order valence-corrected chi connectivity index (χ0v) is 13.4. The molecule has 2 unspecified atom stereocenters. The topological polar surface area (TPSA) is 58.1 Å². The van der Waals surface area contributed by atoms with Gasteiger partial charge in [-0.3, -0.25) is 4.79 Å². The molecule has 6 heteroatoms. The predicted octanol–water partition coefficient (Wildman–Crippen LogP) is 2.14. The number of halogens is 1. The van der Waals surface area contributed by atoms with Crippen LogP contribution in [-0.4, -0.2) is 35.0 Å². The first kappa shape index (κ1) is 14.6. The summed E-state index contributed by atoms with van der Waals surface area (Å²) in [5.41, 5.74) is -0.154. The van der Waals surface area contributed by atoms with Crippen LogP contribution < -0.4 is 10.2 Å². The monoisotopic (exact) mass is 308 g/mol. The minimum absolute atomic E-state index is 0.0746. The Morgan fingerprint density at radius 2 is 2.14 bits per heavy atom. The number of nitrogens with one attached hydrogen (secondary N) is 1. The van der Waals surface area contributed by atoms with Gasteiger partial charge >= 0.3 is 0 Å². The number of carbonyl (C=O) groups excluding carboxylic acids is 1. The van der Waals surface area contributed by atoms with Crippen LogP contribution in [0.1, 0.15) is 39.4 Å². The van der Waals surface area contributed by atoms with Crippen molar-refractivity contribution in [3.05, 3.63) is 17.0 Å². The molecule has 2 fully saturated rings. The van der Waals surface area contributed by atoms with E-state index in [1.807, 2.05) is 6.07 Å². The average molecular weight is 309 g/mol. The molecule has 1 amide bonds. The molecule has 0 aromatic carbocycles. The largest absolute Gasteiger partial charge is 0.354 e. The molecule has 0 aliphatic carbocycles. The van der Waals surface area contributed by atoms with Gasteiger partial charge in [0, 0.05) is 24.6 Å². The summed E-state index contributed by atoms with van der Waals surface area (Å²) < 4.78 is 0. The fraction of sp³-hybridized carbons (Fsp3) is 0.667. The van der Waals surface area contributed by atoms with Crippen molar-refractivity contribution in [1.82, 2.24) is 15.3 Å². The summed E-state index contributed by atoms with van der Waals surface area (Å²) in [6.45, 7) is 7.81. The first-order chi connectivity index (χ1) is 9.86. The van der Waals surface area contributed by atoms with Gasteiger partial charge in [0.25, 0.3) is 0 Å². The van der Waals surface area contributed by atoms with Gasteiger partial charge in [0.15, 0.2) is 0 Å². The summed E-state index contributed by atoms with van der Waals surface area (Å²) in [5.74, 6) is 1.82.